The van der Waals surface area contributed by atoms with Crippen molar-refractivity contribution in [2.75, 3.05) is 37.2 Å². The number of pyridine rings is 4. The maximum atomic E-state index is 11.3. The summed E-state index contributed by atoms with van der Waals surface area (Å²) in [6.07, 6.45) is 39.7. The van der Waals surface area contributed by atoms with E-state index < -0.39 is 23.9 Å². The predicted molar refractivity (Wildman–Crippen MR) is 512 cm³/mol. The van der Waals surface area contributed by atoms with Gasteiger partial charge in [-0.15, -0.1) is 0 Å². The Morgan fingerprint density at radius 1 is 0.412 bits per heavy atom. The number of nitrogens with zero attached hydrogens (tertiary/aromatic N) is 17. The lowest BCUT2D eigenvalue weighted by molar-refractivity contribution is -0.143. The molecule has 0 aliphatic heterocycles. The van der Waals surface area contributed by atoms with E-state index in [1.807, 2.05) is 145 Å². The van der Waals surface area contributed by atoms with Gasteiger partial charge >= 0.3 is 23.9 Å². The van der Waals surface area contributed by atoms with Crippen LogP contribution >= 0.6 is 63.7 Å². The van der Waals surface area contributed by atoms with E-state index in [0.717, 1.165) is 212 Å². The number of hydrogen-bond donors (Lipinski definition) is 8. The second-order valence-corrected chi connectivity index (χ2v) is 36.7. The van der Waals surface area contributed by atoms with Gasteiger partial charge in [-0.05, 0) is 257 Å². The van der Waals surface area contributed by atoms with Crippen LogP contribution in [0.3, 0.4) is 0 Å². The Bertz CT molecular complexity index is 6830. The van der Waals surface area contributed by atoms with Crippen molar-refractivity contribution in [1.82, 2.24) is 82.9 Å². The molecule has 0 bridgehead atoms. The highest BCUT2D eigenvalue weighted by atomic mass is 79.9. The molecule has 670 valence electrons. The number of aliphatic carboxylic acids is 4. The van der Waals surface area contributed by atoms with Crippen molar-refractivity contribution in [2.45, 2.75) is 139 Å². The van der Waals surface area contributed by atoms with Crippen LogP contribution in [0.1, 0.15) is 168 Å². The van der Waals surface area contributed by atoms with Crippen LogP contribution in [-0.2, 0) is 19.2 Å². The molecular formula is C96H93Br4N21O10. The van der Waals surface area contributed by atoms with Crippen LogP contribution in [-0.4, -0.2) is 141 Å². The van der Waals surface area contributed by atoms with E-state index in [2.05, 4.69) is 122 Å². The van der Waals surface area contributed by atoms with E-state index in [0.29, 0.717) is 78.7 Å². The number of benzene rings is 2. The molecule has 5 aliphatic carbocycles. The van der Waals surface area contributed by atoms with Gasteiger partial charge in [0.1, 0.15) is 34.8 Å². The molecule has 0 spiro atoms. The second kappa shape index (κ2) is 39.3. The molecule has 0 atom stereocenters. The van der Waals surface area contributed by atoms with Gasteiger partial charge in [0.2, 0.25) is 0 Å². The topological polar surface area (TPSA) is 449 Å². The van der Waals surface area contributed by atoms with Gasteiger partial charge in [0.25, 0.3) is 0 Å². The summed E-state index contributed by atoms with van der Waals surface area (Å²) in [5.41, 5.74) is 45.8. The van der Waals surface area contributed by atoms with E-state index in [-0.39, 0.29) is 53.8 Å². The second-order valence-electron chi connectivity index (χ2n) is 33.5. The summed E-state index contributed by atoms with van der Waals surface area (Å²) in [7, 11) is 3.29. The number of methoxy groups -OCH3 is 2. The largest absolute Gasteiger partial charge is 0.497 e. The third-order valence-corrected chi connectivity index (χ3v) is 28.9. The smallest absolute Gasteiger partial charge is 0.306 e. The lowest BCUT2D eigenvalue weighted by Gasteiger charge is -2.28. The molecule has 0 radical (unpaired) electrons. The van der Waals surface area contributed by atoms with Crippen LogP contribution in [0.5, 0.6) is 11.5 Å². The number of anilines is 4. The zero-order valence-electron chi connectivity index (χ0n) is 71.4. The maximum absolute atomic E-state index is 11.3. The molecule has 20 rings (SSSR count). The summed E-state index contributed by atoms with van der Waals surface area (Å²) in [6.45, 7) is 0. The maximum Gasteiger partial charge on any atom is 0.306 e. The molecule has 0 saturated heterocycles. The third-order valence-electron chi connectivity index (χ3n) is 25.7. The molecule has 12 N–H and O–H groups in total. The van der Waals surface area contributed by atoms with Crippen LogP contribution in [0.15, 0.2) is 207 Å². The summed E-state index contributed by atoms with van der Waals surface area (Å²) >= 11 is 14.5. The Kier molecular flexibility index (Phi) is 26.9. The molecule has 0 amide bonds. The van der Waals surface area contributed by atoms with Gasteiger partial charge in [0, 0.05) is 123 Å². The average molecular weight is 2020 g/mol. The van der Waals surface area contributed by atoms with Crippen molar-refractivity contribution < 1.29 is 49.1 Å². The number of ether oxygens (including phenoxy) is 2. The fourth-order valence-electron chi connectivity index (χ4n) is 18.3. The Morgan fingerprint density at radius 2 is 0.802 bits per heavy atom. The molecule has 15 aromatic rings. The number of hydrogen-bond acceptors (Lipinski definition) is 22. The van der Waals surface area contributed by atoms with Crippen molar-refractivity contribution in [1.29, 1.82) is 0 Å². The van der Waals surface area contributed by atoms with Gasteiger partial charge in [0.15, 0.2) is 22.6 Å². The van der Waals surface area contributed by atoms with Gasteiger partial charge in [-0.3, -0.25) is 39.1 Å². The van der Waals surface area contributed by atoms with Crippen molar-refractivity contribution >= 4 is 139 Å². The summed E-state index contributed by atoms with van der Waals surface area (Å²) in [4.78, 5) is 83.0. The molecule has 0 unspecified atom stereocenters. The summed E-state index contributed by atoms with van der Waals surface area (Å²) in [5.74, 6) is 0.803. The lowest BCUT2D eigenvalue weighted by Crippen LogP contribution is -2.21. The van der Waals surface area contributed by atoms with Gasteiger partial charge in [-0.2, -0.15) is 38.5 Å². The first-order valence-corrected chi connectivity index (χ1v) is 46.5. The first kappa shape index (κ1) is 89.8. The third kappa shape index (κ3) is 19.0. The van der Waals surface area contributed by atoms with Crippen LogP contribution in [0.2, 0.25) is 0 Å². The normalized spacial score (nSPS) is 19.0. The molecule has 13 heterocycles. The number of carbonyl (C=O) groups is 4. The van der Waals surface area contributed by atoms with Crippen LogP contribution in [0.25, 0.3) is 101 Å². The molecule has 5 aliphatic rings. The van der Waals surface area contributed by atoms with Crippen LogP contribution in [0.4, 0.5) is 23.3 Å². The molecule has 4 fully saturated rings. The number of fused-ring (bicyclic) bond motifs is 4. The van der Waals surface area contributed by atoms with Crippen molar-refractivity contribution in [3.8, 4) is 84.2 Å². The summed E-state index contributed by atoms with van der Waals surface area (Å²) in [6, 6.07) is 33.4. The van der Waals surface area contributed by atoms with Gasteiger partial charge in [0.05, 0.1) is 126 Å². The first-order chi connectivity index (χ1) is 63.4. The quantitative estimate of drug-likeness (QED) is 0.0373. The van der Waals surface area contributed by atoms with E-state index in [9.17, 15) is 34.5 Å². The Balaban J connectivity index is 0.000000122. The molecule has 35 heteroatoms. The number of carboxylic acid groups (broad SMARTS) is 4. The number of nitrogens with two attached hydrogens (primary N) is 4. The lowest BCUT2D eigenvalue weighted by atomic mass is 9.79. The number of halogens is 4. The minimum absolute atomic E-state index is 0.147. The number of aromatic nitrogens is 17. The van der Waals surface area contributed by atoms with Crippen LogP contribution < -0.4 is 32.4 Å². The van der Waals surface area contributed by atoms with Gasteiger partial charge < -0.3 is 57.4 Å². The molecular weight excluding hydrogens is 1930 g/mol. The number of rotatable bonds is 19. The standard InChI is InChI=1S/2C25H24BrN5O3.C23H23BrN6O2.C23H22BrN5O2/c1-34-18-9-6-14(7-10-18)20-11-8-17(12-28-20)19-13-29-31-23(27)21(26)22(30-24(19)31)15-2-4-16(5-3-15)25(32)33;1-34-18-4-2-3-16(11-18)20-10-9-17(12-28-20)19-13-29-31-23(27)21(26)22(30-24(19)31)14-5-7-15(8-6-14)25(32)33;24-20-21(15-5-3-14(4-6-15)10-19(31)32)28-23-18(12-27-30(23)22(20)25)16-7-9-29(13-16)17-2-1-8-26-11-17;24-19-20(14-5-7-15(8-6-14)23(30)31)28-22-17(12-27-29(22)21(19)25)16-9-10-18(26-11-16)13-3-1-2-4-13/h6-13,15-16H,2-5,27H2,1H3,(H,32,33);2-4,9-15H,5-8,27H2,1H3,(H,32,33);1-2,7-9,11-15H,3-6,10,25H2,(H,31,32);1,3-4,9-12,14-15H,2,5-8,25H2,(H,30,31). The Hall–Kier alpha value is -13.1. The van der Waals surface area contributed by atoms with E-state index in [1.165, 1.54) is 0 Å². The minimum atomic E-state index is -0.722. The molecule has 13 aromatic heterocycles. The fraction of sp³-hybridized carbons (Fsp3) is 0.292. The highest BCUT2D eigenvalue weighted by Crippen LogP contribution is 2.47. The fourth-order valence-corrected chi connectivity index (χ4v) is 20.6. The van der Waals surface area contributed by atoms with Gasteiger partial charge in [-0.25, -0.2) is 19.9 Å². The van der Waals surface area contributed by atoms with E-state index >= 15 is 0 Å². The van der Waals surface area contributed by atoms with Crippen molar-refractivity contribution in [2.24, 2.45) is 23.7 Å². The Labute approximate surface area is 785 Å². The zero-order valence-corrected chi connectivity index (χ0v) is 77.8. The highest BCUT2D eigenvalue weighted by Gasteiger charge is 2.36. The van der Waals surface area contributed by atoms with E-state index in [1.54, 1.807) is 63.3 Å². The molecule has 31 nitrogen and oxygen atoms in total. The monoisotopic (exact) mass is 2020 g/mol. The molecule has 2 aromatic carbocycles. The highest BCUT2D eigenvalue weighted by molar-refractivity contribution is 9.11. The number of allylic oxidation sites excluding steroid dienone is 4. The number of nitrogen functional groups attached to an aromatic ring is 4. The van der Waals surface area contributed by atoms with Crippen molar-refractivity contribution in [3.05, 3.63) is 236 Å². The first-order valence-electron chi connectivity index (χ1n) is 43.3. The summed E-state index contributed by atoms with van der Waals surface area (Å²) < 4.78 is 22.1. The zero-order chi connectivity index (χ0) is 91.4. The Morgan fingerprint density at radius 3 is 1.16 bits per heavy atom. The SMILES string of the molecule is COc1ccc(-c2ccc(-c3cnn4c(N)c(Br)c(C5CCC(C(=O)O)CC5)nc34)cn2)cc1.COc1cccc(-c2ccc(-c3cnn4c(N)c(Br)c(C5CCC(C(=O)O)CC5)nc34)cn2)c1.Nc1c(Br)c(C2CCC(C(=O)O)CC2)nc2c(-c3ccc(C4=CCC=C4)nc3)cnn12.Nc1c(Br)c(C2CCC(CC(=O)O)CC2)nc2c(-c3ccn(-c4cccnc4)c3)cnn12. The minimum Gasteiger partial charge on any atom is -0.497 e. The summed E-state index contributed by atoms with van der Waals surface area (Å²) in [5, 5.41) is 54.9. The van der Waals surface area contributed by atoms with Crippen LogP contribution in [0, 0.1) is 23.7 Å². The molecule has 4 saturated carbocycles. The van der Waals surface area contributed by atoms with Crippen molar-refractivity contribution in [3.63, 3.8) is 0 Å². The van der Waals surface area contributed by atoms with Gasteiger partial charge in [-0.1, -0.05) is 48.6 Å². The number of carboxylic acids is 4. The molecule has 131 heavy (non-hydrogen) atoms. The predicted octanol–water partition coefficient (Wildman–Crippen LogP) is 19.9. The van der Waals surface area contributed by atoms with E-state index in [4.69, 9.17) is 57.5 Å². The average Bonchev–Trinajstić information content (AvgIpc) is 1.66.